The smallest absolute Gasteiger partial charge is 0.0739 e. The molecule has 0 spiro atoms. The van der Waals surface area contributed by atoms with E-state index in [1.54, 1.807) is 12.3 Å². The monoisotopic (exact) mass is 236 g/mol. The van der Waals surface area contributed by atoms with Crippen LogP contribution < -0.4 is 11.1 Å². The summed E-state index contributed by atoms with van der Waals surface area (Å²) in [6, 6.07) is 5.66. The number of nitrogen functional groups attached to an aromatic ring is 1. The van der Waals surface area contributed by atoms with E-state index in [4.69, 9.17) is 17.3 Å². The highest BCUT2D eigenvalue weighted by Crippen LogP contribution is 2.29. The van der Waals surface area contributed by atoms with Crippen molar-refractivity contribution < 1.29 is 0 Å². The van der Waals surface area contributed by atoms with Crippen molar-refractivity contribution in [3.8, 4) is 0 Å². The Bertz CT molecular complexity index is 467. The van der Waals surface area contributed by atoms with Crippen molar-refractivity contribution in [1.29, 1.82) is 0 Å². The molecule has 2 aromatic rings. The van der Waals surface area contributed by atoms with E-state index < -0.39 is 0 Å². The van der Waals surface area contributed by atoms with Gasteiger partial charge < -0.3 is 11.1 Å². The van der Waals surface area contributed by atoms with Crippen molar-refractivity contribution in [2.24, 2.45) is 0 Å². The lowest BCUT2D eigenvalue weighted by Crippen LogP contribution is -2.07. The van der Waals surface area contributed by atoms with Crippen molar-refractivity contribution in [2.75, 3.05) is 11.1 Å². The summed E-state index contributed by atoms with van der Waals surface area (Å²) in [4.78, 5) is 0. The third-order valence-electron chi connectivity index (χ3n) is 2.44. The summed E-state index contributed by atoms with van der Waals surface area (Å²) in [5.41, 5.74) is 8.34. The lowest BCUT2D eigenvalue weighted by Gasteiger charge is -2.15. The van der Waals surface area contributed by atoms with Gasteiger partial charge in [0, 0.05) is 11.8 Å². The van der Waals surface area contributed by atoms with E-state index in [1.807, 2.05) is 25.3 Å². The second-order valence-corrected chi connectivity index (χ2v) is 4.01. The second-order valence-electron chi connectivity index (χ2n) is 3.60. The third-order valence-corrected chi connectivity index (χ3v) is 2.77. The van der Waals surface area contributed by atoms with Crippen LogP contribution in [-0.4, -0.2) is 10.2 Å². The number of nitrogens with zero attached hydrogens (tertiary/aromatic N) is 1. The van der Waals surface area contributed by atoms with E-state index in [-0.39, 0.29) is 6.04 Å². The second kappa shape index (κ2) is 4.45. The van der Waals surface area contributed by atoms with Crippen LogP contribution >= 0.6 is 11.6 Å². The summed E-state index contributed by atoms with van der Waals surface area (Å²) in [6.07, 6.45) is 3.62. The molecule has 1 aromatic heterocycles. The molecule has 0 bridgehead atoms. The molecule has 1 atom stereocenters. The fourth-order valence-corrected chi connectivity index (χ4v) is 1.65. The Labute approximate surface area is 98.8 Å². The van der Waals surface area contributed by atoms with E-state index in [0.717, 1.165) is 11.3 Å². The third kappa shape index (κ3) is 2.12. The first-order valence-electron chi connectivity index (χ1n) is 4.97. The number of H-pyrrole nitrogens is 1. The molecule has 84 valence electrons. The van der Waals surface area contributed by atoms with Gasteiger partial charge in [0.1, 0.15) is 0 Å². The highest BCUT2D eigenvalue weighted by Gasteiger charge is 2.09. The van der Waals surface area contributed by atoms with Crippen molar-refractivity contribution in [2.45, 2.75) is 13.0 Å². The Morgan fingerprint density at radius 2 is 2.31 bits per heavy atom. The molecular formula is C11H13ClN4. The number of halogens is 1. The fraction of sp³-hybridized carbons (Fsp3) is 0.182. The van der Waals surface area contributed by atoms with Crippen LogP contribution in [0.25, 0.3) is 0 Å². The van der Waals surface area contributed by atoms with Gasteiger partial charge in [-0.2, -0.15) is 5.10 Å². The minimum Gasteiger partial charge on any atom is -0.396 e. The molecule has 16 heavy (non-hydrogen) atoms. The summed E-state index contributed by atoms with van der Waals surface area (Å²) in [7, 11) is 0. The van der Waals surface area contributed by atoms with Crippen LogP contribution in [0.3, 0.4) is 0 Å². The van der Waals surface area contributed by atoms with E-state index in [0.29, 0.717) is 10.7 Å². The Morgan fingerprint density at radius 1 is 1.50 bits per heavy atom. The number of benzene rings is 1. The van der Waals surface area contributed by atoms with Crippen LogP contribution in [0.4, 0.5) is 11.4 Å². The molecule has 0 saturated heterocycles. The maximum absolute atomic E-state index is 5.94. The average molecular weight is 237 g/mol. The highest BCUT2D eigenvalue weighted by atomic mass is 35.5. The molecule has 4 nitrogen and oxygen atoms in total. The number of anilines is 2. The minimum atomic E-state index is 0.125. The van der Waals surface area contributed by atoms with Crippen LogP contribution in [0.1, 0.15) is 18.5 Å². The molecule has 1 unspecified atom stereocenters. The largest absolute Gasteiger partial charge is 0.396 e. The van der Waals surface area contributed by atoms with Gasteiger partial charge in [-0.05, 0) is 19.1 Å². The first-order chi connectivity index (χ1) is 7.68. The summed E-state index contributed by atoms with van der Waals surface area (Å²) < 4.78 is 0. The molecule has 5 heteroatoms. The average Bonchev–Trinajstić information content (AvgIpc) is 2.78. The number of aromatic amines is 1. The van der Waals surface area contributed by atoms with Gasteiger partial charge in [-0.15, -0.1) is 0 Å². The van der Waals surface area contributed by atoms with Crippen LogP contribution in [0.5, 0.6) is 0 Å². The van der Waals surface area contributed by atoms with Crippen LogP contribution in [0.15, 0.2) is 30.6 Å². The molecule has 0 radical (unpaired) electrons. The molecule has 0 fully saturated rings. The lowest BCUT2D eigenvalue weighted by atomic mass is 10.1. The minimum absolute atomic E-state index is 0.125. The van der Waals surface area contributed by atoms with Gasteiger partial charge in [0.2, 0.25) is 0 Å². The standard InChI is InChI=1S/C11H13ClN4/c1-7(8-5-14-15-6-8)16-10-4-2-3-9(12)11(10)13/h2-7,16H,13H2,1H3,(H,14,15). The van der Waals surface area contributed by atoms with Gasteiger partial charge in [-0.1, -0.05) is 17.7 Å². The van der Waals surface area contributed by atoms with Crippen LogP contribution in [0, 0.1) is 0 Å². The van der Waals surface area contributed by atoms with Gasteiger partial charge in [0.25, 0.3) is 0 Å². The van der Waals surface area contributed by atoms with Crippen LogP contribution in [0.2, 0.25) is 5.02 Å². The van der Waals surface area contributed by atoms with Crippen molar-refractivity contribution >= 4 is 23.0 Å². The highest BCUT2D eigenvalue weighted by molar-refractivity contribution is 6.33. The normalized spacial score (nSPS) is 12.4. The fourth-order valence-electron chi connectivity index (χ4n) is 1.48. The van der Waals surface area contributed by atoms with Gasteiger partial charge in [0.05, 0.1) is 28.6 Å². The van der Waals surface area contributed by atoms with Crippen molar-refractivity contribution in [1.82, 2.24) is 10.2 Å². The molecule has 0 aliphatic rings. The number of rotatable bonds is 3. The molecule has 0 amide bonds. The quantitative estimate of drug-likeness (QED) is 0.718. The van der Waals surface area contributed by atoms with E-state index in [1.165, 1.54) is 0 Å². The van der Waals surface area contributed by atoms with Crippen LogP contribution in [-0.2, 0) is 0 Å². The predicted molar refractivity (Wildman–Crippen MR) is 66.5 cm³/mol. The Morgan fingerprint density at radius 3 is 3.00 bits per heavy atom. The number of para-hydroxylation sites is 1. The molecule has 1 heterocycles. The molecule has 0 aliphatic heterocycles. The van der Waals surface area contributed by atoms with E-state index in [9.17, 15) is 0 Å². The molecule has 4 N–H and O–H groups in total. The zero-order valence-corrected chi connectivity index (χ0v) is 9.62. The lowest BCUT2D eigenvalue weighted by molar-refractivity contribution is 0.887. The van der Waals surface area contributed by atoms with E-state index in [2.05, 4.69) is 15.5 Å². The molecule has 0 aliphatic carbocycles. The first-order valence-corrected chi connectivity index (χ1v) is 5.35. The molecule has 0 saturated carbocycles. The Balaban J connectivity index is 2.18. The number of hydrogen-bond acceptors (Lipinski definition) is 3. The zero-order chi connectivity index (χ0) is 11.5. The van der Waals surface area contributed by atoms with E-state index >= 15 is 0 Å². The molecule has 2 rings (SSSR count). The maximum atomic E-state index is 5.94. The number of aromatic nitrogens is 2. The van der Waals surface area contributed by atoms with Gasteiger partial charge >= 0.3 is 0 Å². The summed E-state index contributed by atoms with van der Waals surface area (Å²) in [6.45, 7) is 2.03. The summed E-state index contributed by atoms with van der Waals surface area (Å²) >= 11 is 5.94. The van der Waals surface area contributed by atoms with Gasteiger partial charge in [-0.25, -0.2) is 0 Å². The zero-order valence-electron chi connectivity index (χ0n) is 8.87. The Kier molecular flexibility index (Phi) is 3.01. The van der Waals surface area contributed by atoms with Gasteiger partial charge in [-0.3, -0.25) is 5.10 Å². The molecule has 1 aromatic carbocycles. The predicted octanol–water partition coefficient (Wildman–Crippen LogP) is 2.82. The maximum Gasteiger partial charge on any atom is 0.0739 e. The Hall–Kier alpha value is -1.68. The summed E-state index contributed by atoms with van der Waals surface area (Å²) in [5.74, 6) is 0. The SMILES string of the molecule is CC(Nc1cccc(Cl)c1N)c1cn[nH]c1. The number of hydrogen-bond donors (Lipinski definition) is 3. The molecular weight excluding hydrogens is 224 g/mol. The van der Waals surface area contributed by atoms with Crippen molar-refractivity contribution in [3.05, 3.63) is 41.2 Å². The van der Waals surface area contributed by atoms with Gasteiger partial charge in [0.15, 0.2) is 0 Å². The number of nitrogens with one attached hydrogen (secondary N) is 2. The first kappa shape index (κ1) is 10.8. The van der Waals surface area contributed by atoms with Crippen molar-refractivity contribution in [3.63, 3.8) is 0 Å². The topological polar surface area (TPSA) is 66.7 Å². The number of nitrogens with two attached hydrogens (primary N) is 1. The summed E-state index contributed by atoms with van der Waals surface area (Å²) in [5, 5.41) is 10.5.